The average Bonchev–Trinajstić information content (AvgIpc) is 3.44. The highest BCUT2D eigenvalue weighted by molar-refractivity contribution is 7.45. The third-order valence-corrected chi connectivity index (χ3v) is 7.80. The van der Waals surface area contributed by atoms with Crippen LogP contribution in [-0.4, -0.2) is 71.4 Å². The van der Waals surface area contributed by atoms with Crippen LogP contribution in [0.1, 0.15) is 20.8 Å². The van der Waals surface area contributed by atoms with Crippen LogP contribution in [0.3, 0.4) is 0 Å². The van der Waals surface area contributed by atoms with Crippen LogP contribution in [0.25, 0.3) is 33.9 Å². The summed E-state index contributed by atoms with van der Waals surface area (Å²) in [5.74, 6) is 1.13. The fourth-order valence-corrected chi connectivity index (χ4v) is 5.32. The van der Waals surface area contributed by atoms with Crippen molar-refractivity contribution in [3.05, 3.63) is 60.7 Å². The number of aromatic nitrogens is 2. The lowest BCUT2D eigenvalue weighted by Gasteiger charge is -2.23. The van der Waals surface area contributed by atoms with Crippen LogP contribution < -0.4 is 19.3 Å². The van der Waals surface area contributed by atoms with Crippen LogP contribution >= 0.6 is 8.38 Å². The molecule has 0 fully saturated rings. The van der Waals surface area contributed by atoms with Gasteiger partial charge in [0.2, 0.25) is 5.75 Å². The molecule has 0 radical (unpaired) electrons. The van der Waals surface area contributed by atoms with Crippen molar-refractivity contribution in [3.63, 3.8) is 0 Å². The van der Waals surface area contributed by atoms with Crippen molar-refractivity contribution < 1.29 is 24.4 Å². The molecule has 0 saturated heterocycles. The van der Waals surface area contributed by atoms with Gasteiger partial charge in [-0.05, 0) is 57.2 Å². The molecule has 218 valence electrons. The standard InChI is InChI=1S/C31H39N4O5P/c1-6-34(7-2)24-13-9-21(10-14-24)28-29(22-11-15-25(16-12-22)35(8-3)17-18-41(37)38)33-31(32-28)23-19-26(39-4)30(36)27(20-23)40-5/h9-16,19-20,36-38H,6-8,17-18H2,1-5H3,(H,32,33). The van der Waals surface area contributed by atoms with Crippen LogP contribution in [0.15, 0.2) is 60.7 Å². The molecule has 4 N–H and O–H groups in total. The van der Waals surface area contributed by atoms with Gasteiger partial charge in [0.1, 0.15) is 5.82 Å². The van der Waals surface area contributed by atoms with E-state index < -0.39 is 8.38 Å². The van der Waals surface area contributed by atoms with Crippen molar-refractivity contribution in [2.24, 2.45) is 0 Å². The van der Waals surface area contributed by atoms with Gasteiger partial charge in [-0.2, -0.15) is 0 Å². The smallest absolute Gasteiger partial charge is 0.200 e. The van der Waals surface area contributed by atoms with Crippen molar-refractivity contribution in [2.45, 2.75) is 20.8 Å². The molecule has 0 amide bonds. The molecule has 9 nitrogen and oxygen atoms in total. The summed E-state index contributed by atoms with van der Waals surface area (Å²) >= 11 is 0. The summed E-state index contributed by atoms with van der Waals surface area (Å²) in [5, 5.41) is 10.4. The number of phenolic OH excluding ortho intramolecular Hbond substituents is 1. The first-order valence-electron chi connectivity index (χ1n) is 13.7. The lowest BCUT2D eigenvalue weighted by Crippen LogP contribution is -2.25. The fraction of sp³-hybridized carbons (Fsp3) is 0.323. The van der Waals surface area contributed by atoms with Gasteiger partial charge in [-0.3, -0.25) is 0 Å². The molecule has 10 heteroatoms. The minimum atomic E-state index is -1.93. The predicted molar refractivity (Wildman–Crippen MR) is 167 cm³/mol. The van der Waals surface area contributed by atoms with Gasteiger partial charge in [-0.25, -0.2) is 4.98 Å². The summed E-state index contributed by atoms with van der Waals surface area (Å²) in [6.07, 6.45) is 0.334. The Morgan fingerprint density at radius 1 is 0.756 bits per heavy atom. The highest BCUT2D eigenvalue weighted by Gasteiger charge is 2.19. The number of methoxy groups -OCH3 is 2. The summed E-state index contributed by atoms with van der Waals surface area (Å²) in [5.41, 5.74) is 6.44. The summed E-state index contributed by atoms with van der Waals surface area (Å²) in [7, 11) is 1.06. The zero-order valence-electron chi connectivity index (χ0n) is 24.3. The monoisotopic (exact) mass is 578 g/mol. The van der Waals surface area contributed by atoms with E-state index in [4.69, 9.17) is 14.5 Å². The second-order valence-electron chi connectivity index (χ2n) is 9.48. The maximum atomic E-state index is 10.4. The molecule has 0 atom stereocenters. The Balaban J connectivity index is 1.80. The Hall–Kier alpha value is -3.78. The molecule has 0 spiro atoms. The average molecular weight is 579 g/mol. The van der Waals surface area contributed by atoms with Gasteiger partial charge >= 0.3 is 0 Å². The zero-order chi connectivity index (χ0) is 29.5. The van der Waals surface area contributed by atoms with Gasteiger partial charge in [0.25, 0.3) is 0 Å². The molecule has 4 aromatic rings. The van der Waals surface area contributed by atoms with Gasteiger partial charge in [0.05, 0.1) is 25.6 Å². The summed E-state index contributed by atoms with van der Waals surface area (Å²) < 4.78 is 10.8. The molecule has 0 aliphatic carbocycles. The number of nitrogens with zero attached hydrogens (tertiary/aromatic N) is 3. The Kier molecular flexibility index (Phi) is 10.1. The van der Waals surface area contributed by atoms with Gasteiger partial charge in [-0.15, -0.1) is 0 Å². The van der Waals surface area contributed by atoms with E-state index in [-0.39, 0.29) is 5.75 Å². The number of imidazole rings is 1. The molecular formula is C31H39N4O5P. The Labute approximate surface area is 242 Å². The number of aromatic amines is 1. The molecule has 1 aromatic heterocycles. The highest BCUT2D eigenvalue weighted by Crippen LogP contribution is 2.41. The molecule has 41 heavy (non-hydrogen) atoms. The third-order valence-electron chi connectivity index (χ3n) is 7.20. The summed E-state index contributed by atoms with van der Waals surface area (Å²) in [4.78, 5) is 31.7. The number of H-pyrrole nitrogens is 1. The number of anilines is 2. The van der Waals surface area contributed by atoms with Gasteiger partial charge in [0.15, 0.2) is 19.9 Å². The Morgan fingerprint density at radius 2 is 1.27 bits per heavy atom. The number of aromatic hydroxyl groups is 1. The van der Waals surface area contributed by atoms with Crippen LogP contribution in [0, 0.1) is 0 Å². The first kappa shape index (κ1) is 30.2. The second-order valence-corrected chi connectivity index (χ2v) is 10.7. The molecule has 0 bridgehead atoms. The van der Waals surface area contributed by atoms with Crippen LogP contribution in [0.2, 0.25) is 0 Å². The quantitative estimate of drug-likeness (QED) is 0.141. The zero-order valence-corrected chi connectivity index (χ0v) is 25.2. The highest BCUT2D eigenvalue weighted by atomic mass is 31.2. The van der Waals surface area contributed by atoms with Crippen LogP contribution in [0.5, 0.6) is 17.2 Å². The number of phenols is 1. The van der Waals surface area contributed by atoms with Gasteiger partial charge in [0, 0.05) is 60.4 Å². The maximum Gasteiger partial charge on any atom is 0.200 e. The summed E-state index contributed by atoms with van der Waals surface area (Å²) in [6.45, 7) is 9.52. The Bertz CT molecular complexity index is 1390. The normalized spacial score (nSPS) is 11.1. The van der Waals surface area contributed by atoms with E-state index in [9.17, 15) is 14.9 Å². The minimum Gasteiger partial charge on any atom is -0.502 e. The van der Waals surface area contributed by atoms with Gasteiger partial charge < -0.3 is 39.2 Å². The van der Waals surface area contributed by atoms with E-state index in [2.05, 4.69) is 52.9 Å². The van der Waals surface area contributed by atoms with Crippen molar-refractivity contribution in [1.82, 2.24) is 9.97 Å². The SMILES string of the molecule is CCN(CC)c1ccc(-c2[nH]c(-c3cc(OC)c(O)c(OC)c3)nc2-c2ccc(N(CC)CCP(O)O)cc2)cc1. The van der Waals surface area contributed by atoms with E-state index in [1.165, 1.54) is 14.2 Å². The number of ether oxygens (including phenoxy) is 2. The van der Waals surface area contributed by atoms with Crippen molar-refractivity contribution in [1.29, 1.82) is 0 Å². The van der Waals surface area contributed by atoms with E-state index in [1.54, 1.807) is 12.1 Å². The molecule has 4 rings (SSSR count). The first-order chi connectivity index (χ1) is 19.8. The number of benzene rings is 3. The summed E-state index contributed by atoms with van der Waals surface area (Å²) in [6, 6.07) is 20.0. The van der Waals surface area contributed by atoms with Crippen LogP contribution in [-0.2, 0) is 0 Å². The first-order valence-corrected chi connectivity index (χ1v) is 15.2. The molecule has 0 aliphatic heterocycles. The van der Waals surface area contributed by atoms with E-state index in [0.717, 1.165) is 53.5 Å². The number of hydrogen-bond acceptors (Lipinski definition) is 8. The molecule has 3 aromatic carbocycles. The molecule has 0 aliphatic rings. The van der Waals surface area contributed by atoms with E-state index in [1.807, 2.05) is 31.2 Å². The number of nitrogens with one attached hydrogen (secondary N) is 1. The van der Waals surface area contributed by atoms with Crippen molar-refractivity contribution >= 4 is 19.8 Å². The molecular weight excluding hydrogens is 539 g/mol. The van der Waals surface area contributed by atoms with Crippen molar-refractivity contribution in [2.75, 3.05) is 56.4 Å². The topological polar surface area (TPSA) is 114 Å². The number of hydrogen-bond donors (Lipinski definition) is 4. The van der Waals surface area contributed by atoms with E-state index >= 15 is 0 Å². The Morgan fingerprint density at radius 3 is 1.76 bits per heavy atom. The van der Waals surface area contributed by atoms with E-state index in [0.29, 0.717) is 35.6 Å². The lowest BCUT2D eigenvalue weighted by atomic mass is 10.0. The molecule has 0 saturated carbocycles. The largest absolute Gasteiger partial charge is 0.502 e. The second kappa shape index (κ2) is 13.7. The van der Waals surface area contributed by atoms with Crippen molar-refractivity contribution in [3.8, 4) is 51.2 Å². The maximum absolute atomic E-state index is 10.4. The predicted octanol–water partition coefficient (Wildman–Crippen LogP) is 6.10. The van der Waals surface area contributed by atoms with Gasteiger partial charge in [-0.1, -0.05) is 24.3 Å². The third kappa shape index (κ3) is 6.76. The fourth-order valence-electron chi connectivity index (χ4n) is 4.90. The number of rotatable bonds is 13. The lowest BCUT2D eigenvalue weighted by molar-refractivity contribution is 0.340. The molecule has 1 heterocycles. The minimum absolute atomic E-state index is 0.0660. The molecule has 0 unspecified atom stereocenters. The van der Waals surface area contributed by atoms with Crippen LogP contribution in [0.4, 0.5) is 11.4 Å².